The van der Waals surface area contributed by atoms with Crippen molar-refractivity contribution in [3.05, 3.63) is 66.4 Å². The van der Waals surface area contributed by atoms with E-state index in [1.54, 1.807) is 39.0 Å². The van der Waals surface area contributed by atoms with Crippen LogP contribution in [0.1, 0.15) is 20.8 Å². The molecular weight excluding hydrogens is 398 g/mol. The monoisotopic (exact) mass is 418 g/mol. The molecule has 0 spiro atoms. The van der Waals surface area contributed by atoms with Gasteiger partial charge in [-0.15, -0.1) is 18.6 Å². The smallest absolute Gasteiger partial charge is 0.341 e. The Bertz CT molecular complexity index is 782. The summed E-state index contributed by atoms with van der Waals surface area (Å²) in [6, 6.07) is 16.9. The number of halogens is 3. The number of rotatable bonds is 6. The first-order chi connectivity index (χ1) is 12.4. The summed E-state index contributed by atoms with van der Waals surface area (Å²) in [6.45, 7) is 5.37. The van der Waals surface area contributed by atoms with Gasteiger partial charge in [0, 0.05) is 5.69 Å². The Kier molecular flexibility index (Phi) is 6.68. The summed E-state index contributed by atoms with van der Waals surface area (Å²) in [7, 11) is -5.93. The number of anilines is 1. The van der Waals surface area contributed by atoms with E-state index in [0.29, 0.717) is 5.78 Å². The molecule has 0 saturated carbocycles. The summed E-state index contributed by atoms with van der Waals surface area (Å²) in [4.78, 5) is 0. The number of hydrogen-bond acceptors (Lipinski definition) is 3. The molecule has 0 aliphatic rings. The first kappa shape index (κ1) is 21.8. The molecule has 0 saturated heterocycles. The summed E-state index contributed by atoms with van der Waals surface area (Å²) in [6.07, 6.45) is 0. The fourth-order valence-electron chi connectivity index (χ4n) is 2.11. The van der Waals surface area contributed by atoms with Crippen molar-refractivity contribution in [2.75, 3.05) is 5.06 Å². The van der Waals surface area contributed by atoms with Gasteiger partial charge in [-0.2, -0.15) is 5.78 Å². The molecule has 27 heavy (non-hydrogen) atoms. The summed E-state index contributed by atoms with van der Waals surface area (Å²) in [5.74, 6) is 0.396. The SMILES string of the molecule is CC(C)(C)[C-](Pc1ccccc1)N(O[S+]([O])(=O)C(F)(F)F)c1ccccc1. The van der Waals surface area contributed by atoms with E-state index in [9.17, 15) is 21.9 Å². The molecule has 147 valence electrons. The van der Waals surface area contributed by atoms with Crippen LogP contribution in [0, 0.1) is 11.2 Å². The van der Waals surface area contributed by atoms with Gasteiger partial charge in [-0.3, -0.25) is 0 Å². The molecule has 0 bridgehead atoms. The van der Waals surface area contributed by atoms with Crippen LogP contribution in [0.25, 0.3) is 0 Å². The van der Waals surface area contributed by atoms with Gasteiger partial charge in [0.2, 0.25) is 0 Å². The minimum Gasteiger partial charge on any atom is -0.341 e. The molecule has 1 radical (unpaired) electrons. The summed E-state index contributed by atoms with van der Waals surface area (Å²) >= 11 is 0. The van der Waals surface area contributed by atoms with Gasteiger partial charge in [-0.25, -0.2) is 8.58 Å². The third-order valence-electron chi connectivity index (χ3n) is 3.40. The predicted octanol–water partition coefficient (Wildman–Crippen LogP) is 5.24. The molecule has 9 heteroatoms. The lowest BCUT2D eigenvalue weighted by Gasteiger charge is -2.51. The normalized spacial score (nSPS) is 15.3. The van der Waals surface area contributed by atoms with E-state index < -0.39 is 21.4 Å². The zero-order valence-electron chi connectivity index (χ0n) is 15.0. The largest absolute Gasteiger partial charge is 0.647 e. The fourth-order valence-corrected chi connectivity index (χ4v) is 3.91. The van der Waals surface area contributed by atoms with E-state index in [1.807, 2.05) is 30.3 Å². The molecule has 0 fully saturated rings. The molecule has 2 unspecified atom stereocenters. The highest BCUT2D eigenvalue weighted by atomic mass is 32.3. The minimum atomic E-state index is -5.83. The van der Waals surface area contributed by atoms with Crippen molar-refractivity contribution in [3.8, 4) is 0 Å². The van der Waals surface area contributed by atoms with E-state index in [0.717, 1.165) is 10.4 Å². The van der Waals surface area contributed by atoms with Crippen LogP contribution in [0.2, 0.25) is 0 Å². The molecule has 0 heterocycles. The Balaban J connectivity index is 2.49. The molecule has 2 aromatic carbocycles. The number of benzene rings is 2. The van der Waals surface area contributed by atoms with Crippen molar-refractivity contribution in [1.82, 2.24) is 0 Å². The van der Waals surface area contributed by atoms with E-state index in [1.165, 1.54) is 12.1 Å². The van der Waals surface area contributed by atoms with Gasteiger partial charge >= 0.3 is 16.0 Å². The third-order valence-corrected chi connectivity index (χ3v) is 6.12. The molecule has 0 aromatic heterocycles. The number of hydroxylamine groups is 1. The van der Waals surface area contributed by atoms with Crippen LogP contribution in [0.3, 0.4) is 0 Å². The summed E-state index contributed by atoms with van der Waals surface area (Å²) < 4.78 is 66.9. The molecule has 0 aliphatic heterocycles. The lowest BCUT2D eigenvalue weighted by atomic mass is 9.96. The molecule has 2 rings (SSSR count). The van der Waals surface area contributed by atoms with E-state index in [4.69, 9.17) is 0 Å². The van der Waals surface area contributed by atoms with Gasteiger partial charge in [0.1, 0.15) is 0 Å². The van der Waals surface area contributed by atoms with Gasteiger partial charge in [0.15, 0.2) is 0 Å². The van der Waals surface area contributed by atoms with Crippen molar-refractivity contribution in [3.63, 3.8) is 0 Å². The highest BCUT2D eigenvalue weighted by molar-refractivity contribution is 7.93. The molecule has 0 N–H and O–H groups in total. The maximum atomic E-state index is 12.9. The van der Waals surface area contributed by atoms with Gasteiger partial charge in [-0.1, -0.05) is 74.6 Å². The Hall–Kier alpha value is -1.47. The number of para-hydroxylation sites is 1. The molecule has 2 aromatic rings. The standard InChI is InChI=1S/C18H20F3NO3PS/c1-17(2,3)16(26-15-12-8-5-9-13-15)22(14-10-6-4-7-11-14)25-27(23,24)18(19,20)21/h4-13,26H,1-3H3. The van der Waals surface area contributed by atoms with Crippen molar-refractivity contribution in [2.24, 2.45) is 5.41 Å². The van der Waals surface area contributed by atoms with Crippen LogP contribution in [0.4, 0.5) is 18.9 Å². The van der Waals surface area contributed by atoms with Crippen molar-refractivity contribution >= 4 is 30.1 Å². The van der Waals surface area contributed by atoms with Crippen molar-refractivity contribution in [1.29, 1.82) is 0 Å². The Morgan fingerprint density at radius 1 is 0.963 bits per heavy atom. The van der Waals surface area contributed by atoms with Gasteiger partial charge in [0.05, 0.1) is 4.55 Å². The Morgan fingerprint density at radius 3 is 1.89 bits per heavy atom. The third kappa shape index (κ3) is 5.75. The first-order valence-electron chi connectivity index (χ1n) is 7.97. The Labute approximate surface area is 159 Å². The van der Waals surface area contributed by atoms with Gasteiger partial charge in [-0.05, 0) is 20.6 Å². The summed E-state index contributed by atoms with van der Waals surface area (Å²) in [5.41, 5.74) is -6.00. The number of hydrogen-bond donors (Lipinski definition) is 0. The lowest BCUT2D eigenvalue weighted by molar-refractivity contribution is -0.0673. The first-order valence-corrected chi connectivity index (χ1v) is 10.4. The maximum absolute atomic E-state index is 12.9. The van der Waals surface area contributed by atoms with Gasteiger partial charge < -0.3 is 5.06 Å². The van der Waals surface area contributed by atoms with E-state index >= 15 is 0 Å². The topological polar surface area (TPSA) is 49.4 Å². The van der Waals surface area contributed by atoms with Crippen LogP contribution in [0.5, 0.6) is 0 Å². The minimum absolute atomic E-state index is 0.0920. The van der Waals surface area contributed by atoms with Crippen molar-refractivity contribution in [2.45, 2.75) is 26.3 Å². The predicted molar refractivity (Wildman–Crippen MR) is 102 cm³/mol. The van der Waals surface area contributed by atoms with E-state index in [2.05, 4.69) is 4.28 Å². The molecule has 0 aliphatic carbocycles. The molecule has 0 amide bonds. The zero-order valence-corrected chi connectivity index (χ0v) is 16.8. The average Bonchev–Trinajstić information content (AvgIpc) is 2.58. The van der Waals surface area contributed by atoms with E-state index in [-0.39, 0.29) is 14.3 Å². The van der Waals surface area contributed by atoms with Crippen LogP contribution in [-0.4, -0.2) is 5.51 Å². The summed E-state index contributed by atoms with van der Waals surface area (Å²) in [5, 5.41) is 1.63. The van der Waals surface area contributed by atoms with Crippen molar-refractivity contribution < 1.29 is 26.2 Å². The van der Waals surface area contributed by atoms with Crippen LogP contribution < -0.4 is 10.4 Å². The number of alkyl halides is 3. The second-order valence-electron chi connectivity index (χ2n) is 6.69. The van der Waals surface area contributed by atoms with Crippen LogP contribution in [-0.2, 0) is 23.5 Å². The molecular formula is C18H20F3NO3PS. The van der Waals surface area contributed by atoms with Gasteiger partial charge in [0.25, 0.3) is 0 Å². The second kappa shape index (κ2) is 8.27. The molecule has 2 atom stereocenters. The zero-order chi connectivity index (χ0) is 20.3. The van der Waals surface area contributed by atoms with Crippen LogP contribution >= 0.6 is 8.58 Å². The lowest BCUT2D eigenvalue weighted by Crippen LogP contribution is -2.43. The second-order valence-corrected chi connectivity index (χ2v) is 9.52. The average molecular weight is 418 g/mol. The molecule has 4 nitrogen and oxygen atoms in total. The highest BCUT2D eigenvalue weighted by Gasteiger charge is 2.66. The fraction of sp³-hybridized carbons (Fsp3) is 0.278. The Morgan fingerprint density at radius 2 is 1.44 bits per heavy atom. The van der Waals surface area contributed by atoms with Crippen LogP contribution in [0.15, 0.2) is 60.7 Å². The maximum Gasteiger partial charge on any atom is 0.647 e. The quantitative estimate of drug-likeness (QED) is 0.279. The number of nitrogens with zero attached hydrogens (tertiary/aromatic N) is 1. The highest BCUT2D eigenvalue weighted by Crippen LogP contribution is 2.47.